The first-order valence-electron chi connectivity index (χ1n) is 8.01. The standard InChI is InChI=1S/C20H15NO6/c1-10-11(2)20-16(19(24)17(10)22)13(9-27-20)18(23)12-4-5-14(25-3)15(8-12)26-7-6-21/h4-5,8-9H,7H2,1-3H3. The number of hydrogen-bond donors (Lipinski definition) is 0. The molecule has 7 nitrogen and oxygen atoms in total. The van der Waals surface area contributed by atoms with Gasteiger partial charge in [-0.15, -0.1) is 0 Å². The van der Waals surface area contributed by atoms with Gasteiger partial charge in [-0.3, -0.25) is 14.4 Å². The molecule has 1 aliphatic rings. The zero-order chi connectivity index (χ0) is 19.7. The quantitative estimate of drug-likeness (QED) is 0.592. The third-order valence-electron chi connectivity index (χ3n) is 4.43. The molecule has 0 bridgehead atoms. The number of rotatable bonds is 5. The molecule has 1 aromatic heterocycles. The Morgan fingerprint density at radius 1 is 1.15 bits per heavy atom. The molecule has 27 heavy (non-hydrogen) atoms. The minimum absolute atomic E-state index is 0.00611. The van der Waals surface area contributed by atoms with Crippen molar-refractivity contribution in [1.82, 2.24) is 0 Å². The lowest BCUT2D eigenvalue weighted by molar-refractivity contribution is -0.111. The van der Waals surface area contributed by atoms with E-state index in [1.807, 2.05) is 6.07 Å². The van der Waals surface area contributed by atoms with Crippen molar-refractivity contribution < 1.29 is 28.3 Å². The fraction of sp³-hybridized carbons (Fsp3) is 0.200. The van der Waals surface area contributed by atoms with E-state index in [1.54, 1.807) is 13.8 Å². The van der Waals surface area contributed by atoms with Crippen LogP contribution in [0.3, 0.4) is 0 Å². The van der Waals surface area contributed by atoms with Gasteiger partial charge < -0.3 is 13.9 Å². The highest BCUT2D eigenvalue weighted by molar-refractivity contribution is 6.53. The van der Waals surface area contributed by atoms with E-state index < -0.39 is 17.3 Å². The molecule has 0 unspecified atom stereocenters. The van der Waals surface area contributed by atoms with Gasteiger partial charge in [0, 0.05) is 11.1 Å². The van der Waals surface area contributed by atoms with Gasteiger partial charge in [-0.25, -0.2) is 0 Å². The Balaban J connectivity index is 2.07. The van der Waals surface area contributed by atoms with E-state index in [0.717, 1.165) is 0 Å². The van der Waals surface area contributed by atoms with Gasteiger partial charge in [0.05, 0.1) is 18.2 Å². The number of ether oxygens (including phenoxy) is 2. The number of ketones is 3. The minimum atomic E-state index is -0.764. The molecule has 0 spiro atoms. The number of hydrogen-bond acceptors (Lipinski definition) is 7. The van der Waals surface area contributed by atoms with Crippen LogP contribution < -0.4 is 9.47 Å². The first-order valence-corrected chi connectivity index (χ1v) is 8.01. The number of methoxy groups -OCH3 is 1. The maximum Gasteiger partial charge on any atom is 0.237 e. The summed E-state index contributed by atoms with van der Waals surface area (Å²) in [5.74, 6) is -1.11. The van der Waals surface area contributed by atoms with Crippen molar-refractivity contribution >= 4 is 22.9 Å². The molecule has 3 rings (SSSR count). The fourth-order valence-corrected chi connectivity index (χ4v) is 2.85. The summed E-state index contributed by atoms with van der Waals surface area (Å²) in [5.41, 5.74) is 1.02. The van der Waals surface area contributed by atoms with Gasteiger partial charge in [-0.05, 0) is 37.6 Å². The van der Waals surface area contributed by atoms with Crippen molar-refractivity contribution in [2.24, 2.45) is 0 Å². The summed E-state index contributed by atoms with van der Waals surface area (Å²) < 4.78 is 15.8. The number of nitrogens with zero attached hydrogens (tertiary/aromatic N) is 1. The van der Waals surface area contributed by atoms with E-state index in [2.05, 4.69) is 0 Å². The van der Waals surface area contributed by atoms with Crippen molar-refractivity contribution in [3.8, 4) is 17.6 Å². The van der Waals surface area contributed by atoms with Crippen LogP contribution >= 0.6 is 0 Å². The van der Waals surface area contributed by atoms with Crippen LogP contribution in [0.25, 0.3) is 5.57 Å². The molecule has 0 fully saturated rings. The van der Waals surface area contributed by atoms with E-state index in [9.17, 15) is 14.4 Å². The monoisotopic (exact) mass is 365 g/mol. The lowest BCUT2D eigenvalue weighted by atomic mass is 9.87. The minimum Gasteiger partial charge on any atom is -0.493 e. The molecule has 0 amide bonds. The van der Waals surface area contributed by atoms with E-state index in [0.29, 0.717) is 16.9 Å². The first-order chi connectivity index (χ1) is 12.9. The Morgan fingerprint density at radius 2 is 1.89 bits per heavy atom. The molecular weight excluding hydrogens is 350 g/mol. The van der Waals surface area contributed by atoms with Crippen LogP contribution in [0, 0.1) is 11.3 Å². The van der Waals surface area contributed by atoms with Crippen LogP contribution in [-0.4, -0.2) is 31.1 Å². The second-order valence-electron chi connectivity index (χ2n) is 5.90. The summed E-state index contributed by atoms with van der Waals surface area (Å²) in [7, 11) is 1.43. The van der Waals surface area contributed by atoms with Gasteiger partial charge in [0.15, 0.2) is 23.9 Å². The number of Topliss-reactive ketones (excluding diaryl/α,β-unsaturated/α-hetero) is 2. The number of benzene rings is 1. The molecule has 0 radical (unpaired) electrons. The molecular formula is C20H15NO6. The molecule has 0 N–H and O–H groups in total. The molecule has 0 aliphatic heterocycles. The molecule has 1 aliphatic carbocycles. The predicted molar refractivity (Wildman–Crippen MR) is 93.8 cm³/mol. The van der Waals surface area contributed by atoms with Crippen molar-refractivity contribution in [3.05, 3.63) is 52.5 Å². The smallest absolute Gasteiger partial charge is 0.237 e. The number of carbonyl (C=O) groups is 3. The summed E-state index contributed by atoms with van der Waals surface area (Å²) >= 11 is 0. The number of carbonyl (C=O) groups excluding carboxylic acids is 3. The Hall–Kier alpha value is -3.66. The predicted octanol–water partition coefficient (Wildman–Crippen LogP) is 2.98. The number of fused-ring (bicyclic) bond motifs is 1. The molecule has 1 heterocycles. The highest BCUT2D eigenvalue weighted by Gasteiger charge is 2.36. The van der Waals surface area contributed by atoms with Crippen molar-refractivity contribution in [1.29, 1.82) is 5.26 Å². The Labute approximate surface area is 154 Å². The van der Waals surface area contributed by atoms with E-state index in [-0.39, 0.29) is 34.8 Å². The van der Waals surface area contributed by atoms with Crippen molar-refractivity contribution in [2.45, 2.75) is 13.8 Å². The molecule has 136 valence electrons. The molecule has 0 atom stereocenters. The molecule has 1 aromatic carbocycles. The van der Waals surface area contributed by atoms with E-state index in [4.69, 9.17) is 19.2 Å². The van der Waals surface area contributed by atoms with E-state index in [1.165, 1.54) is 31.6 Å². The van der Waals surface area contributed by atoms with Gasteiger partial charge in [0.1, 0.15) is 18.1 Å². The average Bonchev–Trinajstić information content (AvgIpc) is 3.13. The largest absolute Gasteiger partial charge is 0.493 e. The molecule has 0 saturated heterocycles. The lowest BCUT2D eigenvalue weighted by Gasteiger charge is -2.13. The second-order valence-corrected chi connectivity index (χ2v) is 5.90. The zero-order valence-corrected chi connectivity index (χ0v) is 14.9. The van der Waals surface area contributed by atoms with Gasteiger partial charge in [0.2, 0.25) is 11.6 Å². The number of allylic oxidation sites excluding steroid dienone is 2. The summed E-state index contributed by atoms with van der Waals surface area (Å²) in [5, 5.41) is 8.68. The number of furan rings is 1. The van der Waals surface area contributed by atoms with Gasteiger partial charge >= 0.3 is 0 Å². The maximum atomic E-state index is 12.9. The van der Waals surface area contributed by atoms with Crippen molar-refractivity contribution in [3.63, 3.8) is 0 Å². The molecule has 7 heteroatoms. The second kappa shape index (κ2) is 6.92. The van der Waals surface area contributed by atoms with E-state index >= 15 is 0 Å². The summed E-state index contributed by atoms with van der Waals surface area (Å²) in [6, 6.07) is 6.28. The highest BCUT2D eigenvalue weighted by atomic mass is 16.5. The topological polar surface area (TPSA) is 107 Å². The summed E-state index contributed by atoms with van der Waals surface area (Å²) in [4.78, 5) is 37.5. The SMILES string of the molecule is COc1ccc(C(=O)c2coc3c2C(=O)C(=O)C(C)=C3C)cc1OCC#N. The van der Waals surface area contributed by atoms with Crippen LogP contribution in [0.15, 0.2) is 34.5 Å². The van der Waals surface area contributed by atoms with Crippen LogP contribution in [-0.2, 0) is 4.79 Å². The van der Waals surface area contributed by atoms with Crippen LogP contribution in [0.1, 0.15) is 45.9 Å². The average molecular weight is 365 g/mol. The third kappa shape index (κ3) is 2.91. The highest BCUT2D eigenvalue weighted by Crippen LogP contribution is 2.35. The normalized spacial score (nSPS) is 13.3. The third-order valence-corrected chi connectivity index (χ3v) is 4.43. The first kappa shape index (κ1) is 18.1. The summed E-state index contributed by atoms with van der Waals surface area (Å²) in [6.07, 6.45) is 1.18. The van der Waals surface area contributed by atoms with Gasteiger partial charge in [0.25, 0.3) is 0 Å². The number of nitriles is 1. The summed E-state index contributed by atoms with van der Waals surface area (Å²) in [6.45, 7) is 2.99. The Morgan fingerprint density at radius 3 is 2.56 bits per heavy atom. The Kier molecular flexibility index (Phi) is 4.65. The zero-order valence-electron chi connectivity index (χ0n) is 14.9. The van der Waals surface area contributed by atoms with Crippen LogP contribution in [0.2, 0.25) is 0 Å². The van der Waals surface area contributed by atoms with Crippen molar-refractivity contribution in [2.75, 3.05) is 13.7 Å². The maximum absolute atomic E-state index is 12.9. The Bertz CT molecular complexity index is 1050. The molecule has 2 aromatic rings. The van der Waals surface area contributed by atoms with Gasteiger partial charge in [-0.2, -0.15) is 5.26 Å². The fourth-order valence-electron chi connectivity index (χ4n) is 2.85. The van der Waals surface area contributed by atoms with Crippen LogP contribution in [0.4, 0.5) is 0 Å². The lowest BCUT2D eigenvalue weighted by Crippen LogP contribution is -2.23. The van der Waals surface area contributed by atoms with Crippen LogP contribution in [0.5, 0.6) is 11.5 Å². The van der Waals surface area contributed by atoms with Gasteiger partial charge in [-0.1, -0.05) is 0 Å². The molecule has 0 saturated carbocycles.